The Morgan fingerprint density at radius 2 is 2.05 bits per heavy atom. The summed E-state index contributed by atoms with van der Waals surface area (Å²) in [6.45, 7) is 4.62. The summed E-state index contributed by atoms with van der Waals surface area (Å²) in [5, 5.41) is 20.7. The molecule has 1 aliphatic heterocycles. The zero-order chi connectivity index (χ0) is 13.8. The maximum Gasteiger partial charge on any atom is 0.0802 e. The van der Waals surface area contributed by atoms with Gasteiger partial charge in [-0.15, -0.1) is 0 Å². The number of β-amino-alcohol motifs (C(OH)–C–C–N with tert-alkyl or cyclic N) is 1. The Morgan fingerprint density at radius 1 is 1.37 bits per heavy atom. The van der Waals surface area contributed by atoms with Crippen molar-refractivity contribution in [3.63, 3.8) is 0 Å². The van der Waals surface area contributed by atoms with Gasteiger partial charge in [-0.05, 0) is 43.0 Å². The number of likely N-dealkylation sites (tertiary alicyclic amines) is 1. The molecule has 2 N–H and O–H groups in total. The summed E-state index contributed by atoms with van der Waals surface area (Å²) in [6, 6.07) is 7.32. The SMILES string of the molecule is CC1CCN(CCC(O)c2ccc(Cl)cc2)CC1O. The van der Waals surface area contributed by atoms with E-state index in [0.717, 1.165) is 25.1 Å². The van der Waals surface area contributed by atoms with E-state index in [2.05, 4.69) is 11.8 Å². The fourth-order valence-electron chi connectivity index (χ4n) is 2.47. The van der Waals surface area contributed by atoms with E-state index in [9.17, 15) is 10.2 Å². The fraction of sp³-hybridized carbons (Fsp3) is 0.600. The summed E-state index contributed by atoms with van der Waals surface area (Å²) in [6.07, 6.45) is 1.01. The molecule has 2 rings (SSSR count). The van der Waals surface area contributed by atoms with Gasteiger partial charge in [-0.3, -0.25) is 0 Å². The minimum absolute atomic E-state index is 0.235. The van der Waals surface area contributed by atoms with Crippen LogP contribution in [0.15, 0.2) is 24.3 Å². The Morgan fingerprint density at radius 3 is 2.68 bits per heavy atom. The van der Waals surface area contributed by atoms with Crippen molar-refractivity contribution in [1.82, 2.24) is 4.90 Å². The van der Waals surface area contributed by atoms with Crippen LogP contribution < -0.4 is 0 Å². The number of hydrogen-bond acceptors (Lipinski definition) is 3. The van der Waals surface area contributed by atoms with Gasteiger partial charge in [0.25, 0.3) is 0 Å². The van der Waals surface area contributed by atoms with Crippen molar-refractivity contribution in [2.24, 2.45) is 5.92 Å². The quantitative estimate of drug-likeness (QED) is 0.892. The lowest BCUT2D eigenvalue weighted by Gasteiger charge is -2.34. The molecule has 1 heterocycles. The number of halogens is 1. The van der Waals surface area contributed by atoms with Crippen molar-refractivity contribution in [2.45, 2.75) is 32.0 Å². The third-order valence-corrected chi connectivity index (χ3v) is 4.23. The standard InChI is InChI=1S/C15H22ClNO2/c1-11-6-8-17(10-15(11)19)9-7-14(18)12-2-4-13(16)5-3-12/h2-5,11,14-15,18-19H,6-10H2,1H3. The summed E-state index contributed by atoms with van der Waals surface area (Å²) in [7, 11) is 0. The number of rotatable bonds is 4. The van der Waals surface area contributed by atoms with Crippen LogP contribution in [0.25, 0.3) is 0 Å². The summed E-state index contributed by atoms with van der Waals surface area (Å²) in [5.74, 6) is 0.387. The first-order valence-electron chi connectivity index (χ1n) is 6.90. The Labute approximate surface area is 119 Å². The lowest BCUT2D eigenvalue weighted by Crippen LogP contribution is -2.43. The molecule has 0 radical (unpaired) electrons. The van der Waals surface area contributed by atoms with E-state index in [4.69, 9.17) is 11.6 Å². The molecule has 1 aromatic rings. The summed E-state index contributed by atoms with van der Waals surface area (Å²) < 4.78 is 0. The molecule has 1 fully saturated rings. The highest BCUT2D eigenvalue weighted by Gasteiger charge is 2.24. The molecule has 3 atom stereocenters. The van der Waals surface area contributed by atoms with Crippen molar-refractivity contribution in [3.8, 4) is 0 Å². The Kier molecular flexibility index (Phi) is 5.22. The molecule has 106 valence electrons. The summed E-state index contributed by atoms with van der Waals surface area (Å²) in [4.78, 5) is 2.23. The maximum absolute atomic E-state index is 10.1. The molecule has 0 aromatic heterocycles. The van der Waals surface area contributed by atoms with Crippen LogP contribution in [0.4, 0.5) is 0 Å². The number of aliphatic hydroxyl groups is 2. The average molecular weight is 284 g/mol. The monoisotopic (exact) mass is 283 g/mol. The predicted octanol–water partition coefficient (Wildman–Crippen LogP) is 2.47. The number of benzene rings is 1. The molecule has 0 amide bonds. The van der Waals surface area contributed by atoms with Crippen LogP contribution in [-0.2, 0) is 0 Å². The fourth-order valence-corrected chi connectivity index (χ4v) is 2.60. The van der Waals surface area contributed by atoms with Crippen LogP contribution >= 0.6 is 11.6 Å². The van der Waals surface area contributed by atoms with E-state index in [0.29, 0.717) is 23.9 Å². The first-order chi connectivity index (χ1) is 9.06. The normalized spacial score (nSPS) is 26.3. The van der Waals surface area contributed by atoms with Gasteiger partial charge in [-0.2, -0.15) is 0 Å². The van der Waals surface area contributed by atoms with Crippen molar-refractivity contribution in [1.29, 1.82) is 0 Å². The molecule has 1 aromatic carbocycles. The molecule has 19 heavy (non-hydrogen) atoms. The minimum atomic E-state index is -0.464. The van der Waals surface area contributed by atoms with Gasteiger partial charge in [0.1, 0.15) is 0 Å². The zero-order valence-corrected chi connectivity index (χ0v) is 12.1. The molecule has 3 unspecified atom stereocenters. The van der Waals surface area contributed by atoms with E-state index in [1.54, 1.807) is 12.1 Å². The smallest absolute Gasteiger partial charge is 0.0802 e. The largest absolute Gasteiger partial charge is 0.392 e. The highest BCUT2D eigenvalue weighted by molar-refractivity contribution is 6.30. The second-order valence-corrected chi connectivity index (χ2v) is 5.93. The Bertz CT molecular complexity index is 396. The van der Waals surface area contributed by atoms with Crippen molar-refractivity contribution >= 4 is 11.6 Å². The van der Waals surface area contributed by atoms with Gasteiger partial charge in [0.15, 0.2) is 0 Å². The van der Waals surface area contributed by atoms with Gasteiger partial charge in [0.2, 0.25) is 0 Å². The second kappa shape index (κ2) is 6.71. The second-order valence-electron chi connectivity index (χ2n) is 5.49. The van der Waals surface area contributed by atoms with Gasteiger partial charge < -0.3 is 15.1 Å². The van der Waals surface area contributed by atoms with Crippen molar-refractivity contribution in [2.75, 3.05) is 19.6 Å². The van der Waals surface area contributed by atoms with Crippen LogP contribution in [0.3, 0.4) is 0 Å². The van der Waals surface area contributed by atoms with E-state index in [1.165, 1.54) is 0 Å². The third kappa shape index (κ3) is 4.18. The Balaban J connectivity index is 1.80. The third-order valence-electron chi connectivity index (χ3n) is 3.98. The highest BCUT2D eigenvalue weighted by atomic mass is 35.5. The molecular weight excluding hydrogens is 262 g/mol. The van der Waals surface area contributed by atoms with Gasteiger partial charge in [-0.25, -0.2) is 0 Å². The minimum Gasteiger partial charge on any atom is -0.392 e. The van der Waals surface area contributed by atoms with Gasteiger partial charge in [-0.1, -0.05) is 30.7 Å². The summed E-state index contributed by atoms with van der Waals surface area (Å²) >= 11 is 5.83. The van der Waals surface area contributed by atoms with Crippen molar-refractivity contribution in [3.05, 3.63) is 34.9 Å². The highest BCUT2D eigenvalue weighted by Crippen LogP contribution is 2.21. The average Bonchev–Trinajstić information content (AvgIpc) is 2.40. The number of hydrogen-bond donors (Lipinski definition) is 2. The lowest BCUT2D eigenvalue weighted by molar-refractivity contribution is 0.0226. The van der Waals surface area contributed by atoms with E-state index < -0.39 is 6.10 Å². The topological polar surface area (TPSA) is 43.7 Å². The first kappa shape index (κ1) is 14.8. The van der Waals surface area contributed by atoms with Crippen molar-refractivity contribution < 1.29 is 10.2 Å². The van der Waals surface area contributed by atoms with Crippen LogP contribution in [-0.4, -0.2) is 40.9 Å². The van der Waals surface area contributed by atoms with Crippen LogP contribution in [0, 0.1) is 5.92 Å². The zero-order valence-electron chi connectivity index (χ0n) is 11.3. The van der Waals surface area contributed by atoms with Gasteiger partial charge >= 0.3 is 0 Å². The molecule has 1 saturated heterocycles. The lowest BCUT2D eigenvalue weighted by atomic mass is 9.95. The number of nitrogens with zero attached hydrogens (tertiary/aromatic N) is 1. The van der Waals surface area contributed by atoms with E-state index >= 15 is 0 Å². The number of aliphatic hydroxyl groups excluding tert-OH is 2. The molecule has 0 aliphatic carbocycles. The van der Waals surface area contributed by atoms with E-state index in [-0.39, 0.29) is 6.10 Å². The van der Waals surface area contributed by atoms with Crippen LogP contribution in [0.5, 0.6) is 0 Å². The van der Waals surface area contributed by atoms with Gasteiger partial charge in [0.05, 0.1) is 12.2 Å². The Hall–Kier alpha value is -0.610. The van der Waals surface area contributed by atoms with Crippen LogP contribution in [0.2, 0.25) is 5.02 Å². The molecule has 0 bridgehead atoms. The van der Waals surface area contributed by atoms with Crippen LogP contribution in [0.1, 0.15) is 31.4 Å². The molecule has 0 saturated carbocycles. The first-order valence-corrected chi connectivity index (χ1v) is 7.28. The summed E-state index contributed by atoms with van der Waals surface area (Å²) in [5.41, 5.74) is 0.898. The van der Waals surface area contributed by atoms with E-state index in [1.807, 2.05) is 12.1 Å². The molecular formula is C15H22ClNO2. The maximum atomic E-state index is 10.1. The molecule has 4 heteroatoms. The molecule has 1 aliphatic rings. The van der Waals surface area contributed by atoms with Gasteiger partial charge in [0, 0.05) is 18.1 Å². The molecule has 3 nitrogen and oxygen atoms in total. The predicted molar refractivity (Wildman–Crippen MR) is 77.3 cm³/mol. The molecule has 0 spiro atoms. The number of piperidine rings is 1.